The summed E-state index contributed by atoms with van der Waals surface area (Å²) in [7, 11) is 0. The van der Waals surface area contributed by atoms with Gasteiger partial charge >= 0.3 is 6.11 Å². The molecule has 1 fully saturated rings. The van der Waals surface area contributed by atoms with Gasteiger partial charge in [-0.15, -0.1) is 0 Å². The molecule has 0 unspecified atom stereocenters. The first-order valence-corrected chi connectivity index (χ1v) is 13.2. The van der Waals surface area contributed by atoms with Gasteiger partial charge in [-0.2, -0.15) is 8.78 Å². The van der Waals surface area contributed by atoms with Crippen molar-refractivity contribution in [1.82, 2.24) is 0 Å². The molecule has 0 saturated heterocycles. The number of ether oxygens (including phenoxy) is 1. The van der Waals surface area contributed by atoms with Gasteiger partial charge < -0.3 is 4.74 Å². The van der Waals surface area contributed by atoms with Crippen molar-refractivity contribution in [1.29, 1.82) is 0 Å². The number of rotatable bonds is 10. The molecular weight excluding hydrogens is 483 g/mol. The molecular formula is C31H33F5O. The highest BCUT2D eigenvalue weighted by atomic mass is 19.3. The molecule has 0 N–H and O–H groups in total. The summed E-state index contributed by atoms with van der Waals surface area (Å²) in [4.78, 5) is 0. The van der Waals surface area contributed by atoms with E-state index in [-0.39, 0.29) is 22.4 Å². The number of hydrogen-bond acceptors (Lipinski definition) is 1. The molecule has 198 valence electrons. The van der Waals surface area contributed by atoms with Crippen molar-refractivity contribution in [2.45, 2.75) is 70.8 Å². The van der Waals surface area contributed by atoms with E-state index < -0.39 is 23.6 Å². The van der Waals surface area contributed by atoms with Crippen molar-refractivity contribution >= 4 is 0 Å². The van der Waals surface area contributed by atoms with Crippen LogP contribution in [0.2, 0.25) is 0 Å². The number of unbranched alkanes of at least 4 members (excludes halogenated alkanes) is 1. The molecule has 4 rings (SSSR count). The van der Waals surface area contributed by atoms with E-state index >= 15 is 8.78 Å². The standard InChI is InChI=1S/C31H33F5O/c1-2-3-6-21-9-11-22(12-10-21)13-14-23-15-17-25(18-16-23)31(35,36)37-29-8-5-4-7-26(29)24-19-27(32)30(34)28(33)20-24/h4-5,7-8,15-22H,2-3,6,9-14H2,1H3/t21-,22-. The van der Waals surface area contributed by atoms with E-state index in [1.54, 1.807) is 12.1 Å². The van der Waals surface area contributed by atoms with Crippen molar-refractivity contribution in [3.8, 4) is 16.9 Å². The van der Waals surface area contributed by atoms with Crippen molar-refractivity contribution in [2.75, 3.05) is 0 Å². The highest BCUT2D eigenvalue weighted by Crippen LogP contribution is 2.38. The Bertz CT molecular complexity index is 1140. The Morgan fingerprint density at radius 3 is 2.03 bits per heavy atom. The van der Waals surface area contributed by atoms with E-state index in [1.165, 1.54) is 81.3 Å². The van der Waals surface area contributed by atoms with E-state index in [1.807, 2.05) is 0 Å². The Morgan fingerprint density at radius 1 is 0.811 bits per heavy atom. The maximum Gasteiger partial charge on any atom is 0.426 e. The second-order valence-corrected chi connectivity index (χ2v) is 10.1. The highest BCUT2D eigenvalue weighted by molar-refractivity contribution is 5.70. The first-order valence-electron chi connectivity index (χ1n) is 13.2. The van der Waals surface area contributed by atoms with Crippen LogP contribution in [0.4, 0.5) is 22.0 Å². The van der Waals surface area contributed by atoms with Crippen LogP contribution in [0.15, 0.2) is 60.7 Å². The molecule has 0 heterocycles. The predicted molar refractivity (Wildman–Crippen MR) is 136 cm³/mol. The van der Waals surface area contributed by atoms with Crippen LogP contribution in [0, 0.1) is 29.3 Å². The quantitative estimate of drug-likeness (QED) is 0.192. The average molecular weight is 517 g/mol. The molecule has 0 atom stereocenters. The Kier molecular flexibility index (Phi) is 8.88. The molecule has 1 nitrogen and oxygen atoms in total. The summed E-state index contributed by atoms with van der Waals surface area (Å²) < 4.78 is 76.0. The summed E-state index contributed by atoms with van der Waals surface area (Å²) in [5.41, 5.74) is 0.614. The number of alkyl halides is 2. The molecule has 6 heteroatoms. The van der Waals surface area contributed by atoms with Crippen LogP contribution in [-0.2, 0) is 12.5 Å². The monoisotopic (exact) mass is 516 g/mol. The zero-order chi connectivity index (χ0) is 26.4. The lowest BCUT2D eigenvalue weighted by molar-refractivity contribution is -0.185. The summed E-state index contributed by atoms with van der Waals surface area (Å²) >= 11 is 0. The third-order valence-electron chi connectivity index (χ3n) is 7.48. The highest BCUT2D eigenvalue weighted by Gasteiger charge is 2.35. The largest absolute Gasteiger partial charge is 0.428 e. The van der Waals surface area contributed by atoms with E-state index in [0.29, 0.717) is 5.92 Å². The van der Waals surface area contributed by atoms with Crippen LogP contribution in [0.25, 0.3) is 11.1 Å². The summed E-state index contributed by atoms with van der Waals surface area (Å²) in [5, 5.41) is 0. The van der Waals surface area contributed by atoms with Gasteiger partial charge in [-0.25, -0.2) is 13.2 Å². The minimum absolute atomic E-state index is 0.0287. The fraction of sp³-hybridized carbons (Fsp3) is 0.419. The number of para-hydroxylation sites is 1. The summed E-state index contributed by atoms with van der Waals surface area (Å²) in [6.07, 6.45) is 7.22. The van der Waals surface area contributed by atoms with Crippen LogP contribution in [-0.4, -0.2) is 0 Å². The van der Waals surface area contributed by atoms with Crippen LogP contribution >= 0.6 is 0 Å². The maximum absolute atomic E-state index is 15.1. The number of halogens is 5. The Hall–Kier alpha value is -2.89. The van der Waals surface area contributed by atoms with Crippen molar-refractivity contribution < 1.29 is 26.7 Å². The first-order chi connectivity index (χ1) is 17.8. The first kappa shape index (κ1) is 27.2. The molecule has 0 bridgehead atoms. The third kappa shape index (κ3) is 6.91. The van der Waals surface area contributed by atoms with Gasteiger partial charge in [0.1, 0.15) is 5.75 Å². The predicted octanol–water partition coefficient (Wildman–Crippen LogP) is 9.83. The molecule has 37 heavy (non-hydrogen) atoms. The van der Waals surface area contributed by atoms with Crippen LogP contribution < -0.4 is 4.74 Å². The van der Waals surface area contributed by atoms with Gasteiger partial charge in [-0.3, -0.25) is 0 Å². The summed E-state index contributed by atoms with van der Waals surface area (Å²) in [6.45, 7) is 2.23. The second-order valence-electron chi connectivity index (χ2n) is 10.1. The fourth-order valence-corrected chi connectivity index (χ4v) is 5.24. The SMILES string of the molecule is CCCC[C@H]1CC[C@H](CCc2ccc(C(F)(F)Oc3ccccc3-c3cc(F)c(F)c(F)c3)cc2)CC1. The van der Waals surface area contributed by atoms with Gasteiger partial charge in [0.15, 0.2) is 17.5 Å². The van der Waals surface area contributed by atoms with Gasteiger partial charge in [-0.05, 0) is 66.1 Å². The molecule has 0 aromatic heterocycles. The molecule has 0 spiro atoms. The van der Waals surface area contributed by atoms with Gasteiger partial charge in [0, 0.05) is 5.56 Å². The fourth-order valence-electron chi connectivity index (χ4n) is 5.24. The Morgan fingerprint density at radius 2 is 1.41 bits per heavy atom. The van der Waals surface area contributed by atoms with Gasteiger partial charge in [0.05, 0.1) is 5.56 Å². The van der Waals surface area contributed by atoms with Crippen molar-refractivity contribution in [2.24, 2.45) is 11.8 Å². The minimum Gasteiger partial charge on any atom is -0.428 e. The van der Waals surface area contributed by atoms with Gasteiger partial charge in [0.2, 0.25) is 0 Å². The van der Waals surface area contributed by atoms with Crippen LogP contribution in [0.3, 0.4) is 0 Å². The number of aryl methyl sites for hydroxylation is 1. The summed E-state index contributed by atoms with van der Waals surface area (Å²) in [5.74, 6) is -3.14. The molecule has 1 aliphatic carbocycles. The minimum atomic E-state index is -3.68. The molecule has 3 aromatic carbocycles. The Balaban J connectivity index is 1.39. The van der Waals surface area contributed by atoms with E-state index in [0.717, 1.165) is 36.5 Å². The topological polar surface area (TPSA) is 9.23 Å². The second kappa shape index (κ2) is 12.1. The number of benzene rings is 3. The summed E-state index contributed by atoms with van der Waals surface area (Å²) in [6, 6.07) is 13.3. The lowest BCUT2D eigenvalue weighted by Crippen LogP contribution is -2.22. The Labute approximate surface area is 215 Å². The zero-order valence-electron chi connectivity index (χ0n) is 21.1. The van der Waals surface area contributed by atoms with Crippen LogP contribution in [0.1, 0.15) is 69.4 Å². The van der Waals surface area contributed by atoms with Gasteiger partial charge in [-0.1, -0.05) is 82.2 Å². The average Bonchev–Trinajstić information content (AvgIpc) is 2.90. The molecule has 3 aromatic rings. The van der Waals surface area contributed by atoms with Crippen molar-refractivity contribution in [3.63, 3.8) is 0 Å². The normalized spacial score (nSPS) is 18.1. The smallest absolute Gasteiger partial charge is 0.426 e. The molecule has 1 saturated carbocycles. The van der Waals surface area contributed by atoms with Gasteiger partial charge in [0.25, 0.3) is 0 Å². The molecule has 1 aliphatic rings. The lowest BCUT2D eigenvalue weighted by atomic mass is 9.78. The van der Waals surface area contributed by atoms with Crippen LogP contribution in [0.5, 0.6) is 5.75 Å². The zero-order valence-corrected chi connectivity index (χ0v) is 21.1. The number of hydrogen-bond donors (Lipinski definition) is 0. The molecule has 0 radical (unpaired) electrons. The molecule has 0 aliphatic heterocycles. The third-order valence-corrected chi connectivity index (χ3v) is 7.48. The van der Waals surface area contributed by atoms with E-state index in [9.17, 15) is 13.2 Å². The lowest BCUT2D eigenvalue weighted by Gasteiger charge is -2.28. The molecule has 0 amide bonds. The maximum atomic E-state index is 15.1. The van der Waals surface area contributed by atoms with Crippen molar-refractivity contribution in [3.05, 3.63) is 89.2 Å². The van der Waals surface area contributed by atoms with E-state index in [2.05, 4.69) is 6.92 Å². The van der Waals surface area contributed by atoms with E-state index in [4.69, 9.17) is 4.74 Å².